The Bertz CT molecular complexity index is 777. The van der Waals surface area contributed by atoms with Gasteiger partial charge >= 0.3 is 0 Å². The molecule has 1 aromatic carbocycles. The van der Waals surface area contributed by atoms with E-state index in [2.05, 4.69) is 25.7 Å². The molecule has 1 amide bonds. The second-order valence-electron chi connectivity index (χ2n) is 3.96. The van der Waals surface area contributed by atoms with Gasteiger partial charge in [0, 0.05) is 10.6 Å². The lowest BCUT2D eigenvalue weighted by molar-refractivity contribution is -0.113. The van der Waals surface area contributed by atoms with Crippen LogP contribution in [-0.2, 0) is 4.79 Å². The number of carbonyl (C=O) groups is 1. The van der Waals surface area contributed by atoms with Gasteiger partial charge in [0.05, 0.1) is 5.75 Å². The Labute approximate surface area is 138 Å². The first kappa shape index (κ1) is 14.9. The van der Waals surface area contributed by atoms with Crippen LogP contribution in [0.1, 0.15) is 0 Å². The fourth-order valence-corrected chi connectivity index (χ4v) is 2.73. The Morgan fingerprint density at radius 1 is 1.36 bits per heavy atom. The molecular weight excluding hydrogens is 346 g/mol. The van der Waals surface area contributed by atoms with Crippen LogP contribution in [0.2, 0.25) is 5.02 Å². The first-order chi connectivity index (χ1) is 10.7. The third-order valence-electron chi connectivity index (χ3n) is 2.41. The Morgan fingerprint density at radius 2 is 2.27 bits per heavy atom. The van der Waals surface area contributed by atoms with Crippen LogP contribution in [0.5, 0.6) is 0 Å². The van der Waals surface area contributed by atoms with Gasteiger partial charge in [0.2, 0.25) is 16.9 Å². The highest BCUT2D eigenvalue weighted by molar-refractivity contribution is 7.99. The summed E-state index contributed by atoms with van der Waals surface area (Å²) in [6.07, 6.45) is 0. The van der Waals surface area contributed by atoms with Gasteiger partial charge in [-0.15, -0.1) is 20.4 Å². The SMILES string of the molecule is O=C(CSc1nnc(-c2cccc(Cl)c2)o1)Nc1nncs1. The lowest BCUT2D eigenvalue weighted by Gasteiger charge is -1.98. The van der Waals surface area contributed by atoms with Gasteiger partial charge in [0.15, 0.2) is 0 Å². The van der Waals surface area contributed by atoms with Gasteiger partial charge in [-0.25, -0.2) is 0 Å². The smallest absolute Gasteiger partial charge is 0.277 e. The summed E-state index contributed by atoms with van der Waals surface area (Å²) >= 11 is 8.30. The van der Waals surface area contributed by atoms with Crippen LogP contribution in [0.3, 0.4) is 0 Å². The van der Waals surface area contributed by atoms with Crippen molar-refractivity contribution in [2.75, 3.05) is 11.1 Å². The first-order valence-corrected chi connectivity index (χ1v) is 8.23. The topological polar surface area (TPSA) is 93.8 Å². The minimum Gasteiger partial charge on any atom is -0.411 e. The molecular formula is C12H8ClN5O2S2. The molecule has 7 nitrogen and oxygen atoms in total. The summed E-state index contributed by atoms with van der Waals surface area (Å²) in [7, 11) is 0. The zero-order valence-corrected chi connectivity index (χ0v) is 13.3. The number of thioether (sulfide) groups is 1. The van der Waals surface area contributed by atoms with Crippen molar-refractivity contribution in [1.29, 1.82) is 0 Å². The zero-order valence-electron chi connectivity index (χ0n) is 10.9. The van der Waals surface area contributed by atoms with E-state index < -0.39 is 0 Å². The van der Waals surface area contributed by atoms with Gasteiger partial charge in [-0.05, 0) is 18.2 Å². The molecule has 2 heterocycles. The maximum Gasteiger partial charge on any atom is 0.277 e. The average molecular weight is 354 g/mol. The summed E-state index contributed by atoms with van der Waals surface area (Å²) in [5, 5.41) is 19.1. The van der Waals surface area contributed by atoms with Crippen molar-refractivity contribution < 1.29 is 9.21 Å². The molecule has 0 saturated carbocycles. The quantitative estimate of drug-likeness (QED) is 0.704. The molecule has 0 aliphatic rings. The Morgan fingerprint density at radius 3 is 3.05 bits per heavy atom. The van der Waals surface area contributed by atoms with Gasteiger partial charge in [-0.1, -0.05) is 40.8 Å². The van der Waals surface area contributed by atoms with E-state index >= 15 is 0 Å². The van der Waals surface area contributed by atoms with Crippen LogP contribution in [0.4, 0.5) is 5.13 Å². The number of carbonyl (C=O) groups excluding carboxylic acids is 1. The molecule has 0 radical (unpaired) electrons. The van der Waals surface area contributed by atoms with E-state index in [1.165, 1.54) is 16.8 Å². The molecule has 3 rings (SSSR count). The van der Waals surface area contributed by atoms with E-state index in [0.717, 1.165) is 17.3 Å². The highest BCUT2D eigenvalue weighted by atomic mass is 35.5. The minimum atomic E-state index is -0.218. The lowest BCUT2D eigenvalue weighted by Crippen LogP contribution is -2.13. The number of anilines is 1. The third kappa shape index (κ3) is 3.81. The number of aromatic nitrogens is 4. The van der Waals surface area contributed by atoms with Crippen LogP contribution < -0.4 is 5.32 Å². The van der Waals surface area contributed by atoms with E-state index in [0.29, 0.717) is 21.3 Å². The third-order valence-corrected chi connectivity index (χ3v) is 4.07. The lowest BCUT2D eigenvalue weighted by atomic mass is 10.2. The Kier molecular flexibility index (Phi) is 4.66. The van der Waals surface area contributed by atoms with E-state index in [4.69, 9.17) is 16.0 Å². The number of benzene rings is 1. The maximum atomic E-state index is 11.7. The molecule has 3 aromatic rings. The number of amides is 1. The van der Waals surface area contributed by atoms with Crippen LogP contribution in [-0.4, -0.2) is 32.1 Å². The molecule has 112 valence electrons. The molecule has 22 heavy (non-hydrogen) atoms. The van der Waals surface area contributed by atoms with E-state index in [1.807, 2.05) is 6.07 Å². The summed E-state index contributed by atoms with van der Waals surface area (Å²) < 4.78 is 5.49. The number of nitrogens with zero attached hydrogens (tertiary/aromatic N) is 4. The fourth-order valence-electron chi connectivity index (χ4n) is 1.52. The summed E-state index contributed by atoms with van der Waals surface area (Å²) in [5.74, 6) is 0.273. The molecule has 0 aliphatic carbocycles. The number of nitrogens with one attached hydrogen (secondary N) is 1. The van der Waals surface area contributed by atoms with Crippen molar-refractivity contribution in [2.24, 2.45) is 0 Å². The summed E-state index contributed by atoms with van der Waals surface area (Å²) in [5.41, 5.74) is 2.27. The van der Waals surface area contributed by atoms with E-state index in [9.17, 15) is 4.79 Å². The number of hydrogen-bond acceptors (Lipinski definition) is 8. The van der Waals surface area contributed by atoms with Crippen molar-refractivity contribution in [3.05, 3.63) is 34.8 Å². The molecule has 0 bridgehead atoms. The monoisotopic (exact) mass is 353 g/mol. The van der Waals surface area contributed by atoms with Crippen LogP contribution >= 0.6 is 34.7 Å². The predicted octanol–water partition coefficient (Wildman–Crippen LogP) is 2.97. The largest absolute Gasteiger partial charge is 0.411 e. The fraction of sp³-hybridized carbons (Fsp3) is 0.0833. The van der Waals surface area contributed by atoms with Gasteiger partial charge in [0.25, 0.3) is 5.22 Å². The number of rotatable bonds is 5. The second-order valence-corrected chi connectivity index (χ2v) is 6.16. The molecule has 0 aliphatic heterocycles. The standard InChI is InChI=1S/C12H8ClN5O2S2/c13-8-3-1-2-7(4-8)10-16-18-12(20-10)21-5-9(19)15-11-17-14-6-22-11/h1-4,6H,5H2,(H,15,17,19). The normalized spacial score (nSPS) is 10.6. The van der Waals surface area contributed by atoms with Crippen molar-refractivity contribution in [3.63, 3.8) is 0 Å². The predicted molar refractivity (Wildman–Crippen MR) is 84.0 cm³/mol. The summed E-state index contributed by atoms with van der Waals surface area (Å²) in [6, 6.07) is 7.10. The average Bonchev–Trinajstić information content (AvgIpc) is 3.16. The number of hydrogen-bond donors (Lipinski definition) is 1. The molecule has 0 atom stereocenters. The van der Waals surface area contributed by atoms with E-state index in [1.54, 1.807) is 18.2 Å². The molecule has 1 N–H and O–H groups in total. The van der Waals surface area contributed by atoms with Gasteiger partial charge in [0.1, 0.15) is 5.51 Å². The molecule has 0 saturated heterocycles. The zero-order chi connectivity index (χ0) is 15.4. The molecule has 0 spiro atoms. The molecule has 10 heteroatoms. The van der Waals surface area contributed by atoms with Crippen LogP contribution in [0.15, 0.2) is 39.4 Å². The van der Waals surface area contributed by atoms with Gasteiger partial charge < -0.3 is 4.42 Å². The minimum absolute atomic E-state index is 0.136. The van der Waals surface area contributed by atoms with Crippen molar-refractivity contribution in [3.8, 4) is 11.5 Å². The van der Waals surface area contributed by atoms with Crippen molar-refractivity contribution >= 4 is 45.7 Å². The molecule has 0 fully saturated rings. The maximum absolute atomic E-state index is 11.7. The first-order valence-electron chi connectivity index (χ1n) is 5.99. The molecule has 2 aromatic heterocycles. The Hall–Kier alpha value is -1.97. The van der Waals surface area contributed by atoms with Gasteiger partial charge in [-0.3, -0.25) is 10.1 Å². The highest BCUT2D eigenvalue weighted by Crippen LogP contribution is 2.25. The second kappa shape index (κ2) is 6.86. The highest BCUT2D eigenvalue weighted by Gasteiger charge is 2.12. The van der Waals surface area contributed by atoms with Crippen molar-refractivity contribution in [1.82, 2.24) is 20.4 Å². The van der Waals surface area contributed by atoms with Crippen LogP contribution in [0, 0.1) is 0 Å². The number of halogens is 1. The summed E-state index contributed by atoms with van der Waals surface area (Å²) in [4.78, 5) is 11.7. The Balaban J connectivity index is 1.59. The van der Waals surface area contributed by atoms with Crippen LogP contribution in [0.25, 0.3) is 11.5 Å². The summed E-state index contributed by atoms with van der Waals surface area (Å²) in [6.45, 7) is 0. The van der Waals surface area contributed by atoms with Crippen molar-refractivity contribution in [2.45, 2.75) is 5.22 Å². The van der Waals surface area contributed by atoms with Gasteiger partial charge in [-0.2, -0.15) is 0 Å². The molecule has 0 unspecified atom stereocenters. The van der Waals surface area contributed by atoms with E-state index in [-0.39, 0.29) is 11.7 Å².